The summed E-state index contributed by atoms with van der Waals surface area (Å²) in [5, 5.41) is 0.846. The maximum absolute atomic E-state index is 12.4. The number of hydrogen-bond acceptors (Lipinski definition) is 4. The molecule has 5 nitrogen and oxygen atoms in total. The third-order valence-electron chi connectivity index (χ3n) is 3.78. The van der Waals surface area contributed by atoms with Crippen LogP contribution in [0.5, 0.6) is 0 Å². The van der Waals surface area contributed by atoms with Crippen LogP contribution in [0.15, 0.2) is 27.6 Å². The third-order valence-corrected chi connectivity index (χ3v) is 6.05. The first-order valence-electron chi connectivity index (χ1n) is 6.61. The summed E-state index contributed by atoms with van der Waals surface area (Å²) in [6.07, 6.45) is 1.73. The first-order valence-corrected chi connectivity index (χ1v) is 8.88. The van der Waals surface area contributed by atoms with E-state index in [0.29, 0.717) is 15.8 Å². The first-order chi connectivity index (χ1) is 9.70. The zero-order valence-electron chi connectivity index (χ0n) is 11.8. The average molecular weight is 370 g/mol. The van der Waals surface area contributed by atoms with Gasteiger partial charge in [-0.1, -0.05) is 15.9 Å². The van der Waals surface area contributed by atoms with Crippen molar-refractivity contribution in [2.75, 3.05) is 5.73 Å². The summed E-state index contributed by atoms with van der Waals surface area (Å²) in [5.41, 5.74) is 6.94. The number of benzene rings is 1. The highest BCUT2D eigenvalue weighted by atomic mass is 79.9. The van der Waals surface area contributed by atoms with E-state index in [1.807, 2.05) is 19.9 Å². The Morgan fingerprint density at radius 3 is 2.62 bits per heavy atom. The molecule has 1 fully saturated rings. The molecule has 0 amide bonds. The summed E-state index contributed by atoms with van der Waals surface area (Å²) in [5.74, 6) is 0.408. The van der Waals surface area contributed by atoms with Gasteiger partial charge in [0.1, 0.15) is 5.82 Å². The second-order valence-corrected chi connectivity index (χ2v) is 8.37. The number of aromatic nitrogens is 1. The number of nitrogens with two attached hydrogens (primary N) is 1. The molecule has 3 N–H and O–H groups in total. The summed E-state index contributed by atoms with van der Waals surface area (Å²) < 4.78 is 28.3. The SMILES string of the molecule is Cc1cc2c(Br)cc(S(=O)(=O)NC3(C)CC3)cc2nc1N. The van der Waals surface area contributed by atoms with Crippen LogP contribution < -0.4 is 10.5 Å². The van der Waals surface area contributed by atoms with Crippen LogP contribution in [0.3, 0.4) is 0 Å². The minimum atomic E-state index is -3.55. The van der Waals surface area contributed by atoms with Crippen LogP contribution >= 0.6 is 15.9 Å². The van der Waals surface area contributed by atoms with Gasteiger partial charge in [-0.25, -0.2) is 18.1 Å². The predicted molar refractivity (Wildman–Crippen MR) is 86.6 cm³/mol. The Hall–Kier alpha value is -1.18. The van der Waals surface area contributed by atoms with Gasteiger partial charge in [0.05, 0.1) is 10.4 Å². The Bertz CT molecular complexity index is 845. The highest BCUT2D eigenvalue weighted by Gasteiger charge is 2.41. The molecule has 1 aromatic carbocycles. The topological polar surface area (TPSA) is 85.1 Å². The molecule has 3 rings (SSSR count). The van der Waals surface area contributed by atoms with E-state index in [0.717, 1.165) is 23.8 Å². The van der Waals surface area contributed by atoms with Gasteiger partial charge in [0.25, 0.3) is 0 Å². The number of nitrogens with zero attached hydrogens (tertiary/aromatic N) is 1. The average Bonchev–Trinajstić information content (AvgIpc) is 3.08. The second kappa shape index (κ2) is 4.66. The molecule has 0 spiro atoms. The van der Waals surface area contributed by atoms with E-state index in [1.54, 1.807) is 12.1 Å². The van der Waals surface area contributed by atoms with Crippen molar-refractivity contribution in [3.63, 3.8) is 0 Å². The number of sulfonamides is 1. The zero-order valence-corrected chi connectivity index (χ0v) is 14.2. The molecule has 0 aliphatic heterocycles. The van der Waals surface area contributed by atoms with Crippen molar-refractivity contribution >= 4 is 42.7 Å². The van der Waals surface area contributed by atoms with E-state index in [2.05, 4.69) is 25.6 Å². The van der Waals surface area contributed by atoms with E-state index >= 15 is 0 Å². The van der Waals surface area contributed by atoms with E-state index in [1.165, 1.54) is 0 Å². The normalized spacial score (nSPS) is 17.1. The van der Waals surface area contributed by atoms with Crippen molar-refractivity contribution in [3.05, 3.63) is 28.2 Å². The van der Waals surface area contributed by atoms with Crippen LogP contribution in [0.2, 0.25) is 0 Å². The maximum Gasteiger partial charge on any atom is 0.241 e. The minimum Gasteiger partial charge on any atom is -0.383 e. The van der Waals surface area contributed by atoms with Gasteiger partial charge in [0.2, 0.25) is 10.0 Å². The van der Waals surface area contributed by atoms with Crippen molar-refractivity contribution in [2.45, 2.75) is 37.1 Å². The van der Waals surface area contributed by atoms with Gasteiger partial charge >= 0.3 is 0 Å². The monoisotopic (exact) mass is 369 g/mol. The maximum atomic E-state index is 12.4. The molecule has 0 atom stereocenters. The Labute approximate surface area is 132 Å². The smallest absolute Gasteiger partial charge is 0.241 e. The number of nitrogen functional groups attached to an aromatic ring is 1. The van der Waals surface area contributed by atoms with Crippen LogP contribution in [0.25, 0.3) is 10.9 Å². The molecular formula is C14H16BrN3O2S. The number of aryl methyl sites for hydroxylation is 1. The lowest BCUT2D eigenvalue weighted by molar-refractivity contribution is 0.558. The number of halogens is 1. The van der Waals surface area contributed by atoms with Crippen LogP contribution in [0.1, 0.15) is 25.3 Å². The highest BCUT2D eigenvalue weighted by molar-refractivity contribution is 9.10. The van der Waals surface area contributed by atoms with Gasteiger partial charge in [0, 0.05) is 15.4 Å². The number of fused-ring (bicyclic) bond motifs is 1. The van der Waals surface area contributed by atoms with E-state index < -0.39 is 10.0 Å². The molecule has 112 valence electrons. The highest BCUT2D eigenvalue weighted by Crippen LogP contribution is 2.37. The van der Waals surface area contributed by atoms with Gasteiger partial charge < -0.3 is 5.73 Å². The summed E-state index contributed by atoms with van der Waals surface area (Å²) >= 11 is 3.42. The number of pyridine rings is 1. The predicted octanol–water partition coefficient (Wildman–Crippen LogP) is 2.72. The fourth-order valence-corrected chi connectivity index (χ4v) is 4.38. The third kappa shape index (κ3) is 2.77. The summed E-state index contributed by atoms with van der Waals surface area (Å²) in [6, 6.07) is 5.06. The van der Waals surface area contributed by atoms with Gasteiger partial charge in [-0.05, 0) is 50.5 Å². The number of anilines is 1. The minimum absolute atomic E-state index is 0.200. The Kier molecular flexibility index (Phi) is 3.27. The Balaban J connectivity index is 2.14. The standard InChI is InChI=1S/C14H16BrN3O2S/c1-8-5-10-11(15)6-9(7-12(10)17-13(8)16)21(19,20)18-14(2)3-4-14/h5-7,18H,3-4H2,1-2H3,(H2,16,17). The molecule has 2 aromatic rings. The fraction of sp³-hybridized carbons (Fsp3) is 0.357. The largest absolute Gasteiger partial charge is 0.383 e. The summed E-state index contributed by atoms with van der Waals surface area (Å²) in [6.45, 7) is 3.77. The van der Waals surface area contributed by atoms with Crippen molar-refractivity contribution in [1.82, 2.24) is 9.71 Å². The zero-order chi connectivity index (χ0) is 15.4. The fourth-order valence-electron chi connectivity index (χ4n) is 2.15. The van der Waals surface area contributed by atoms with Crippen molar-refractivity contribution < 1.29 is 8.42 Å². The second-order valence-electron chi connectivity index (χ2n) is 5.83. The van der Waals surface area contributed by atoms with E-state index in [-0.39, 0.29) is 10.4 Å². The molecule has 0 radical (unpaired) electrons. The number of nitrogens with one attached hydrogen (secondary N) is 1. The quantitative estimate of drug-likeness (QED) is 0.870. The summed E-state index contributed by atoms with van der Waals surface area (Å²) in [7, 11) is -3.55. The molecule has 0 saturated heterocycles. The van der Waals surface area contributed by atoms with Gasteiger partial charge in [-0.3, -0.25) is 0 Å². The molecular weight excluding hydrogens is 354 g/mol. The van der Waals surface area contributed by atoms with E-state index in [4.69, 9.17) is 5.73 Å². The molecule has 0 bridgehead atoms. The molecule has 1 aromatic heterocycles. The number of hydrogen-bond donors (Lipinski definition) is 2. The first kappa shape index (κ1) is 14.7. The van der Waals surface area contributed by atoms with Crippen LogP contribution in [-0.2, 0) is 10.0 Å². The molecule has 0 unspecified atom stereocenters. The molecule has 1 aliphatic rings. The molecule has 1 saturated carbocycles. The van der Waals surface area contributed by atoms with Crippen molar-refractivity contribution in [1.29, 1.82) is 0 Å². The van der Waals surface area contributed by atoms with Crippen LogP contribution in [0, 0.1) is 6.92 Å². The lowest BCUT2D eigenvalue weighted by Crippen LogP contribution is -2.34. The molecule has 1 aliphatic carbocycles. The lowest BCUT2D eigenvalue weighted by atomic mass is 10.1. The molecule has 21 heavy (non-hydrogen) atoms. The Morgan fingerprint density at radius 1 is 1.33 bits per heavy atom. The molecule has 7 heteroatoms. The lowest BCUT2D eigenvalue weighted by Gasteiger charge is -2.13. The van der Waals surface area contributed by atoms with Gasteiger partial charge in [0.15, 0.2) is 0 Å². The molecule has 1 heterocycles. The summed E-state index contributed by atoms with van der Waals surface area (Å²) in [4.78, 5) is 4.48. The van der Waals surface area contributed by atoms with Crippen LogP contribution in [-0.4, -0.2) is 18.9 Å². The van der Waals surface area contributed by atoms with E-state index in [9.17, 15) is 8.42 Å². The Morgan fingerprint density at radius 2 is 2.00 bits per heavy atom. The van der Waals surface area contributed by atoms with Crippen molar-refractivity contribution in [3.8, 4) is 0 Å². The van der Waals surface area contributed by atoms with Crippen molar-refractivity contribution in [2.24, 2.45) is 0 Å². The van der Waals surface area contributed by atoms with Gasteiger partial charge in [-0.15, -0.1) is 0 Å². The van der Waals surface area contributed by atoms with Crippen LogP contribution in [0.4, 0.5) is 5.82 Å². The van der Waals surface area contributed by atoms with Gasteiger partial charge in [-0.2, -0.15) is 0 Å². The number of rotatable bonds is 3.